The number of carbonyl (C=O) groups excluding carboxylic acids is 3. The molecule has 0 atom stereocenters. The summed E-state index contributed by atoms with van der Waals surface area (Å²) in [5.41, 5.74) is 3.82. The minimum absolute atomic E-state index is 0. The Balaban J connectivity index is 0.000000134. The molecular formula is C61H45BrClN7O4. The van der Waals surface area contributed by atoms with Gasteiger partial charge in [0.2, 0.25) is 0 Å². The molecule has 0 saturated heterocycles. The van der Waals surface area contributed by atoms with Gasteiger partial charge in [-0.15, -0.1) is 0 Å². The summed E-state index contributed by atoms with van der Waals surface area (Å²) >= 11 is 8.75. The van der Waals surface area contributed by atoms with Gasteiger partial charge in [0.1, 0.15) is 21.7 Å². The number of carbonyl (C=O) groups is 3. The number of aromatic nitrogens is 6. The number of aromatic amines is 1. The molecule has 0 saturated carbocycles. The first-order valence-corrected chi connectivity index (χ1v) is 24.0. The van der Waals surface area contributed by atoms with Gasteiger partial charge in [-0.3, -0.25) is 18.8 Å². The Kier molecular flexibility index (Phi) is 16.3. The topological polar surface area (TPSA) is 189 Å². The minimum Gasteiger partial charge on any atom is -0.412 e. The van der Waals surface area contributed by atoms with Crippen LogP contribution in [-0.4, -0.2) is 53.7 Å². The Morgan fingerprint density at radius 3 is 1.49 bits per heavy atom. The number of benzene rings is 9. The molecule has 0 amide bonds. The molecule has 9 aromatic carbocycles. The zero-order chi connectivity index (χ0) is 49.4. The van der Waals surface area contributed by atoms with Crippen molar-refractivity contribution in [1.82, 2.24) is 35.5 Å². The van der Waals surface area contributed by atoms with Gasteiger partial charge < -0.3 is 16.6 Å². The molecule has 5 aromatic heterocycles. The van der Waals surface area contributed by atoms with E-state index >= 15 is 0 Å². The largest absolute Gasteiger partial charge is 0.412 e. The molecule has 362 valence electrons. The highest BCUT2D eigenvalue weighted by Gasteiger charge is 2.17. The van der Waals surface area contributed by atoms with Crippen LogP contribution < -0.4 is 6.15 Å². The molecule has 14 aromatic rings. The normalized spacial score (nSPS) is 10.5. The summed E-state index contributed by atoms with van der Waals surface area (Å²) < 4.78 is 2.79. The summed E-state index contributed by atoms with van der Waals surface area (Å²) in [5.74, 6) is 0.918. The van der Waals surface area contributed by atoms with Crippen molar-refractivity contribution in [2.75, 3.05) is 0 Å². The van der Waals surface area contributed by atoms with Crippen LogP contribution in [0.1, 0.15) is 10.4 Å². The SMILES string of the molecule is Clc1cccnc1Br.N.O.O=CC=O.O=Cc1cc2ccccc2c2ccccc12.c1ccc2c(c1)c1ccccc1c1c2c2cccnc2n2ccnc12.c1ccc2c(c1)cc(-c1ncc[nH]1)c1ccccc12. The Morgan fingerprint density at radius 1 is 0.459 bits per heavy atom. The fourth-order valence-corrected chi connectivity index (χ4v) is 9.68. The molecule has 14 rings (SSSR count). The van der Waals surface area contributed by atoms with Gasteiger partial charge in [0.05, 0.1) is 5.02 Å². The summed E-state index contributed by atoms with van der Waals surface area (Å²) in [4.78, 5) is 49.4. The molecule has 0 aliphatic carbocycles. The zero-order valence-corrected chi connectivity index (χ0v) is 41.8. The van der Waals surface area contributed by atoms with Gasteiger partial charge in [-0.25, -0.2) is 19.9 Å². The number of nitrogens with zero attached hydrogens (tertiary/aromatic N) is 5. The lowest BCUT2D eigenvalue weighted by Crippen LogP contribution is -1.94. The van der Waals surface area contributed by atoms with E-state index in [4.69, 9.17) is 21.2 Å². The summed E-state index contributed by atoms with van der Waals surface area (Å²) in [5, 5.41) is 18.8. The molecule has 0 bridgehead atoms. The zero-order valence-electron chi connectivity index (χ0n) is 39.4. The molecule has 0 unspecified atom stereocenters. The van der Waals surface area contributed by atoms with E-state index in [1.165, 1.54) is 59.2 Å². The average molecular weight is 1060 g/mol. The number of aldehydes is 3. The highest BCUT2D eigenvalue weighted by molar-refractivity contribution is 9.10. The van der Waals surface area contributed by atoms with E-state index in [2.05, 4.69) is 167 Å². The Morgan fingerprint density at radius 2 is 0.932 bits per heavy atom. The van der Waals surface area contributed by atoms with Gasteiger partial charge in [0, 0.05) is 64.5 Å². The Hall–Kier alpha value is -9.04. The molecule has 0 radical (unpaired) electrons. The molecular weight excluding hydrogens is 1010 g/mol. The number of fused-ring (bicyclic) bond motifs is 17. The van der Waals surface area contributed by atoms with Crippen LogP contribution in [-0.2, 0) is 9.59 Å². The standard InChI is InChI=1S/C22H13N3.C17H12N2.C15H10O.C5H3BrClN.C2H2O2.H3N.H2O/c1-3-8-16-14(6-1)15-7-2-4-9-17(15)20-19(16)18-10-5-11-23-21(18)25-13-12-24-22(20)25;1-2-6-13-12(5-1)11-16(17-18-9-10-19-17)15-8-4-3-7-14(13)15;16-10-12-9-11-5-1-2-6-13(11)15-8-4-3-7-14(12)15;6-5-4(7)2-1-3-8-5;3-1-2-4;;/h1-13H;1-11H,(H,18,19);1-10H;1-3H;1-2H;1H3;1H2. The minimum atomic E-state index is 0. The van der Waals surface area contributed by atoms with E-state index in [9.17, 15) is 4.79 Å². The van der Waals surface area contributed by atoms with Crippen molar-refractivity contribution in [2.45, 2.75) is 0 Å². The lowest BCUT2D eigenvalue weighted by atomic mass is 9.93. The third-order valence-electron chi connectivity index (χ3n) is 12.3. The molecule has 0 aliphatic heterocycles. The number of nitrogens with one attached hydrogen (secondary N) is 1. The number of pyridine rings is 3. The quantitative estimate of drug-likeness (QED) is 0.0756. The highest BCUT2D eigenvalue weighted by Crippen LogP contribution is 2.40. The van der Waals surface area contributed by atoms with Crippen molar-refractivity contribution in [3.8, 4) is 11.4 Å². The third-order valence-corrected chi connectivity index (χ3v) is 13.5. The van der Waals surface area contributed by atoms with Crippen LogP contribution in [0, 0.1) is 0 Å². The molecule has 0 aliphatic rings. The summed E-state index contributed by atoms with van der Waals surface area (Å²) in [6.07, 6.45) is 12.3. The van der Waals surface area contributed by atoms with Gasteiger partial charge in [-0.05, 0) is 117 Å². The molecule has 74 heavy (non-hydrogen) atoms. The second kappa shape index (κ2) is 23.5. The Labute approximate surface area is 437 Å². The monoisotopic (exact) mass is 1050 g/mol. The van der Waals surface area contributed by atoms with Crippen LogP contribution in [0.3, 0.4) is 0 Å². The van der Waals surface area contributed by atoms with Crippen molar-refractivity contribution in [2.24, 2.45) is 0 Å². The molecule has 13 heteroatoms. The van der Waals surface area contributed by atoms with Gasteiger partial charge in [-0.2, -0.15) is 0 Å². The first kappa shape index (κ1) is 51.3. The third kappa shape index (κ3) is 10.1. The predicted octanol–water partition coefficient (Wildman–Crippen LogP) is 14.7. The number of halogens is 2. The fraction of sp³-hybridized carbons (Fsp3) is 0. The van der Waals surface area contributed by atoms with E-state index in [0.717, 1.165) is 56.1 Å². The number of imidazole rings is 2. The maximum atomic E-state index is 11.1. The molecule has 0 fully saturated rings. The fourth-order valence-electron chi connectivity index (χ4n) is 9.31. The molecule has 0 spiro atoms. The first-order valence-electron chi connectivity index (χ1n) is 22.8. The number of rotatable bonds is 3. The van der Waals surface area contributed by atoms with Crippen LogP contribution in [0.4, 0.5) is 0 Å². The van der Waals surface area contributed by atoms with Crippen molar-refractivity contribution in [1.29, 1.82) is 0 Å². The summed E-state index contributed by atoms with van der Waals surface area (Å²) in [6.45, 7) is 0. The van der Waals surface area contributed by atoms with Crippen molar-refractivity contribution < 1.29 is 19.9 Å². The van der Waals surface area contributed by atoms with E-state index in [1.54, 1.807) is 24.5 Å². The smallest absolute Gasteiger partial charge is 0.182 e. The van der Waals surface area contributed by atoms with E-state index in [0.29, 0.717) is 9.63 Å². The number of hydrogen-bond acceptors (Lipinski definition) is 8. The molecule has 5 heterocycles. The lowest BCUT2D eigenvalue weighted by Gasteiger charge is -2.14. The van der Waals surface area contributed by atoms with Crippen molar-refractivity contribution >= 4 is 138 Å². The maximum Gasteiger partial charge on any atom is 0.182 e. The van der Waals surface area contributed by atoms with E-state index in [1.807, 2.05) is 73.3 Å². The summed E-state index contributed by atoms with van der Waals surface area (Å²) in [7, 11) is 0. The summed E-state index contributed by atoms with van der Waals surface area (Å²) in [6, 6.07) is 62.2. The van der Waals surface area contributed by atoms with Gasteiger partial charge >= 0.3 is 0 Å². The second-order valence-electron chi connectivity index (χ2n) is 16.4. The molecule has 11 nitrogen and oxygen atoms in total. The highest BCUT2D eigenvalue weighted by atomic mass is 79.9. The number of H-pyrrole nitrogens is 1. The van der Waals surface area contributed by atoms with Crippen LogP contribution in [0.2, 0.25) is 5.02 Å². The molecule has 6 N–H and O–H groups in total. The van der Waals surface area contributed by atoms with Gasteiger partial charge in [0.25, 0.3) is 0 Å². The van der Waals surface area contributed by atoms with E-state index < -0.39 is 0 Å². The predicted molar refractivity (Wildman–Crippen MR) is 307 cm³/mol. The average Bonchev–Trinajstić information content (AvgIpc) is 4.19. The van der Waals surface area contributed by atoms with Crippen LogP contribution >= 0.6 is 27.5 Å². The van der Waals surface area contributed by atoms with Crippen LogP contribution in [0.15, 0.2) is 224 Å². The first-order chi connectivity index (χ1) is 35.5. The Bertz CT molecular complexity index is 4270. The van der Waals surface area contributed by atoms with Gasteiger partial charge in [-0.1, -0.05) is 157 Å². The van der Waals surface area contributed by atoms with Gasteiger partial charge in [0.15, 0.2) is 18.9 Å². The number of hydrogen-bond donors (Lipinski definition) is 2. The maximum absolute atomic E-state index is 11.1. The van der Waals surface area contributed by atoms with Crippen molar-refractivity contribution in [3.05, 3.63) is 234 Å². The van der Waals surface area contributed by atoms with E-state index in [-0.39, 0.29) is 24.2 Å². The van der Waals surface area contributed by atoms with Crippen LogP contribution in [0.25, 0.3) is 103 Å². The van der Waals surface area contributed by atoms with Crippen molar-refractivity contribution in [3.63, 3.8) is 0 Å². The second-order valence-corrected chi connectivity index (χ2v) is 17.5. The van der Waals surface area contributed by atoms with Crippen LogP contribution in [0.5, 0.6) is 0 Å². The lowest BCUT2D eigenvalue weighted by molar-refractivity contribution is -0.122.